The molecule has 3 aliphatic heterocycles. The van der Waals surface area contributed by atoms with E-state index in [-0.39, 0.29) is 42.1 Å². The van der Waals surface area contributed by atoms with Crippen molar-refractivity contribution < 1.29 is 14.4 Å². The van der Waals surface area contributed by atoms with E-state index < -0.39 is 5.54 Å². The topological polar surface area (TPSA) is 87.3 Å². The molecular weight excluding hydrogens is 318 g/mol. The van der Waals surface area contributed by atoms with Gasteiger partial charge < -0.3 is 10.6 Å². The molecule has 0 radical (unpaired) electrons. The SMILES string of the molecule is Cl.O=C1NC(=O)C2(NC(=O)[C@@H]3Cc4ccccc4CN3)CC1C2. The van der Waals surface area contributed by atoms with Crippen molar-refractivity contribution >= 4 is 30.1 Å². The number of rotatable bonds is 2. The van der Waals surface area contributed by atoms with Crippen LogP contribution in [0.1, 0.15) is 24.0 Å². The fourth-order valence-electron chi connectivity index (χ4n) is 3.61. The Balaban J connectivity index is 0.00000156. The average Bonchev–Trinajstić information content (AvgIpc) is 2.48. The number of benzene rings is 1. The van der Waals surface area contributed by atoms with Crippen LogP contribution in [0.25, 0.3) is 0 Å². The van der Waals surface area contributed by atoms with Crippen molar-refractivity contribution in [3.8, 4) is 0 Å². The number of hydrogen-bond acceptors (Lipinski definition) is 4. The Hall–Kier alpha value is -1.92. The minimum absolute atomic E-state index is 0. The highest BCUT2D eigenvalue weighted by atomic mass is 35.5. The van der Waals surface area contributed by atoms with Crippen LogP contribution in [0, 0.1) is 5.92 Å². The van der Waals surface area contributed by atoms with E-state index in [0.29, 0.717) is 25.8 Å². The molecule has 5 rings (SSSR count). The summed E-state index contributed by atoms with van der Waals surface area (Å²) in [6, 6.07) is 7.69. The summed E-state index contributed by atoms with van der Waals surface area (Å²) in [5, 5.41) is 8.41. The van der Waals surface area contributed by atoms with E-state index in [0.717, 1.165) is 5.56 Å². The minimum Gasteiger partial charge on any atom is -0.340 e. The maximum atomic E-state index is 12.5. The van der Waals surface area contributed by atoms with Crippen LogP contribution >= 0.6 is 12.4 Å². The number of hydrogen-bond donors (Lipinski definition) is 3. The normalized spacial score (nSPS) is 31.1. The van der Waals surface area contributed by atoms with Crippen LogP contribution in [0.2, 0.25) is 0 Å². The minimum atomic E-state index is -0.881. The number of piperidine rings is 2. The number of halogens is 1. The zero-order valence-corrected chi connectivity index (χ0v) is 13.2. The quantitative estimate of drug-likeness (QED) is 0.666. The second-order valence-corrected chi connectivity index (χ2v) is 6.40. The second-order valence-electron chi connectivity index (χ2n) is 6.40. The molecular formula is C16H18ClN3O3. The molecule has 1 aliphatic carbocycles. The van der Waals surface area contributed by atoms with Gasteiger partial charge in [-0.3, -0.25) is 19.7 Å². The third kappa shape index (κ3) is 2.52. The van der Waals surface area contributed by atoms with Gasteiger partial charge in [-0.2, -0.15) is 0 Å². The van der Waals surface area contributed by atoms with Gasteiger partial charge in [0.2, 0.25) is 11.8 Å². The molecule has 122 valence electrons. The summed E-state index contributed by atoms with van der Waals surface area (Å²) in [7, 11) is 0. The first-order valence-corrected chi connectivity index (χ1v) is 7.55. The molecule has 3 heterocycles. The Labute approximate surface area is 139 Å². The molecule has 7 heteroatoms. The maximum Gasteiger partial charge on any atom is 0.252 e. The number of amides is 3. The molecule has 6 nitrogen and oxygen atoms in total. The van der Waals surface area contributed by atoms with Crippen LogP contribution in [0.3, 0.4) is 0 Å². The summed E-state index contributed by atoms with van der Waals surface area (Å²) in [5.41, 5.74) is 1.48. The van der Waals surface area contributed by atoms with Crippen LogP contribution in [0.15, 0.2) is 24.3 Å². The first-order valence-electron chi connectivity index (χ1n) is 7.55. The van der Waals surface area contributed by atoms with E-state index in [2.05, 4.69) is 16.0 Å². The molecule has 0 spiro atoms. The lowest BCUT2D eigenvalue weighted by molar-refractivity contribution is -0.155. The number of fused-ring (bicyclic) bond motifs is 3. The van der Waals surface area contributed by atoms with Crippen LogP contribution < -0.4 is 16.0 Å². The van der Waals surface area contributed by atoms with Gasteiger partial charge in [0.15, 0.2) is 0 Å². The highest BCUT2D eigenvalue weighted by molar-refractivity contribution is 6.08. The molecule has 1 aromatic rings. The second kappa shape index (κ2) is 5.62. The summed E-state index contributed by atoms with van der Waals surface area (Å²) in [6.07, 6.45) is 1.46. The fourth-order valence-corrected chi connectivity index (χ4v) is 3.61. The molecule has 3 N–H and O–H groups in total. The van der Waals surface area contributed by atoms with Crippen molar-refractivity contribution in [3.05, 3.63) is 35.4 Å². The van der Waals surface area contributed by atoms with E-state index in [1.165, 1.54) is 5.56 Å². The van der Waals surface area contributed by atoms with Crippen molar-refractivity contribution in [1.82, 2.24) is 16.0 Å². The Kier molecular flexibility index (Phi) is 3.90. The zero-order chi connectivity index (χ0) is 15.3. The van der Waals surface area contributed by atoms with Crippen molar-refractivity contribution in [2.45, 2.75) is 37.4 Å². The molecule has 0 aromatic heterocycles. The van der Waals surface area contributed by atoms with Crippen molar-refractivity contribution in [2.75, 3.05) is 0 Å². The summed E-state index contributed by atoms with van der Waals surface area (Å²) in [4.78, 5) is 36.0. The third-order valence-electron chi connectivity index (χ3n) is 4.99. The monoisotopic (exact) mass is 335 g/mol. The van der Waals surface area contributed by atoms with Gasteiger partial charge in [0, 0.05) is 12.5 Å². The van der Waals surface area contributed by atoms with E-state index >= 15 is 0 Å². The molecule has 2 saturated heterocycles. The van der Waals surface area contributed by atoms with E-state index in [1.807, 2.05) is 24.3 Å². The van der Waals surface area contributed by atoms with Crippen LogP contribution in [0.4, 0.5) is 0 Å². The first kappa shape index (κ1) is 16.0. The lowest BCUT2D eigenvalue weighted by atomic mass is 9.64. The Morgan fingerprint density at radius 3 is 2.57 bits per heavy atom. The van der Waals surface area contributed by atoms with Gasteiger partial charge in [0.1, 0.15) is 5.54 Å². The Bertz CT molecular complexity index is 685. The van der Waals surface area contributed by atoms with Gasteiger partial charge in [-0.25, -0.2) is 0 Å². The van der Waals surface area contributed by atoms with Crippen LogP contribution in [-0.4, -0.2) is 29.3 Å². The van der Waals surface area contributed by atoms with Crippen LogP contribution in [-0.2, 0) is 27.3 Å². The lowest BCUT2D eigenvalue weighted by Crippen LogP contribution is -2.74. The van der Waals surface area contributed by atoms with Gasteiger partial charge >= 0.3 is 0 Å². The van der Waals surface area contributed by atoms with E-state index in [9.17, 15) is 14.4 Å². The number of imide groups is 1. The molecule has 2 bridgehead atoms. The highest BCUT2D eigenvalue weighted by Crippen LogP contribution is 2.41. The van der Waals surface area contributed by atoms with Crippen molar-refractivity contribution in [1.29, 1.82) is 0 Å². The summed E-state index contributed by atoms with van der Waals surface area (Å²) >= 11 is 0. The van der Waals surface area contributed by atoms with Gasteiger partial charge in [-0.05, 0) is 30.4 Å². The molecule has 0 unspecified atom stereocenters. The van der Waals surface area contributed by atoms with Crippen LogP contribution in [0.5, 0.6) is 0 Å². The van der Waals surface area contributed by atoms with E-state index in [1.54, 1.807) is 0 Å². The molecule has 3 fully saturated rings. The summed E-state index contributed by atoms with van der Waals surface area (Å²) < 4.78 is 0. The van der Waals surface area contributed by atoms with Crippen molar-refractivity contribution in [3.63, 3.8) is 0 Å². The molecule has 23 heavy (non-hydrogen) atoms. The largest absolute Gasteiger partial charge is 0.340 e. The fraction of sp³-hybridized carbons (Fsp3) is 0.438. The molecule has 4 aliphatic rings. The summed E-state index contributed by atoms with van der Waals surface area (Å²) in [5.74, 6) is -0.897. The van der Waals surface area contributed by atoms with E-state index in [4.69, 9.17) is 0 Å². The Morgan fingerprint density at radius 2 is 1.87 bits per heavy atom. The maximum absolute atomic E-state index is 12.5. The van der Waals surface area contributed by atoms with Gasteiger partial charge in [-0.15, -0.1) is 12.4 Å². The average molecular weight is 336 g/mol. The smallest absolute Gasteiger partial charge is 0.252 e. The standard InChI is InChI=1S/C16H17N3O3.ClH/c20-13-11-6-16(7-11,15(22)18-13)19-14(21)12-5-9-3-1-2-4-10(9)8-17-12;/h1-4,11-12,17H,5-8H2,(H,19,21)(H,18,20,22);1H/t11?,12-,16?;/m0./s1. The van der Waals surface area contributed by atoms with Crippen molar-refractivity contribution in [2.24, 2.45) is 5.92 Å². The predicted octanol–water partition coefficient (Wildman–Crippen LogP) is 0.0441. The zero-order valence-electron chi connectivity index (χ0n) is 12.4. The number of carbonyl (C=O) groups excluding carboxylic acids is 3. The summed E-state index contributed by atoms with van der Waals surface area (Å²) in [6.45, 7) is 0.647. The predicted molar refractivity (Wildman–Crippen MR) is 84.8 cm³/mol. The third-order valence-corrected chi connectivity index (χ3v) is 4.99. The molecule has 1 atom stereocenters. The lowest BCUT2D eigenvalue weighted by Gasteiger charge is -2.50. The molecule has 3 amide bonds. The number of carbonyl (C=O) groups is 3. The van der Waals surface area contributed by atoms with Gasteiger partial charge in [0.05, 0.1) is 6.04 Å². The van der Waals surface area contributed by atoms with Gasteiger partial charge in [-0.1, -0.05) is 24.3 Å². The Morgan fingerprint density at radius 1 is 1.17 bits per heavy atom. The molecule has 1 aromatic carbocycles. The number of nitrogens with one attached hydrogen (secondary N) is 3. The first-order chi connectivity index (χ1) is 10.6. The molecule has 1 saturated carbocycles. The van der Waals surface area contributed by atoms with Gasteiger partial charge in [0.25, 0.3) is 5.91 Å². The highest BCUT2D eigenvalue weighted by Gasteiger charge is 2.58.